The monoisotopic (exact) mass is 208 g/mol. The summed E-state index contributed by atoms with van der Waals surface area (Å²) in [5.74, 6) is 0.683. The molecule has 0 saturated carbocycles. The average molecular weight is 208 g/mol. The molecule has 2 aromatic rings. The third-order valence-electron chi connectivity index (χ3n) is 2.26. The summed E-state index contributed by atoms with van der Waals surface area (Å²) in [6, 6.07) is 0. The lowest BCUT2D eigenvalue weighted by molar-refractivity contribution is 0.0691. The lowest BCUT2D eigenvalue weighted by Crippen LogP contribution is -2.02. The van der Waals surface area contributed by atoms with E-state index in [4.69, 9.17) is 5.11 Å². The number of aromatic carboxylic acids is 1. The van der Waals surface area contributed by atoms with Crippen LogP contribution in [0.5, 0.6) is 0 Å². The van der Waals surface area contributed by atoms with Crippen molar-refractivity contribution in [2.75, 3.05) is 0 Å². The van der Waals surface area contributed by atoms with Crippen LogP contribution < -0.4 is 0 Å². The third kappa shape index (κ3) is 1.38. The molecule has 0 amide bonds. The fraction of sp³-hybridized carbons (Fsp3) is 0.444. The van der Waals surface area contributed by atoms with Gasteiger partial charge in [-0.1, -0.05) is 13.8 Å². The minimum atomic E-state index is -1.04. The molecule has 80 valence electrons. The summed E-state index contributed by atoms with van der Waals surface area (Å²) in [7, 11) is 1.83. The van der Waals surface area contributed by atoms with Gasteiger partial charge in [0.25, 0.3) is 0 Å². The number of imidazole rings is 1. The summed E-state index contributed by atoms with van der Waals surface area (Å²) in [6.45, 7) is 4.06. The van der Waals surface area contributed by atoms with Gasteiger partial charge in [-0.05, 0) is 0 Å². The minimum absolute atomic E-state index is 0.0170. The maximum atomic E-state index is 10.7. The van der Waals surface area contributed by atoms with Gasteiger partial charge >= 0.3 is 5.97 Å². The SMILES string of the molecule is CC(C)c1nn2cc(C(=O)O)nc2n1C. The van der Waals surface area contributed by atoms with Gasteiger partial charge in [-0.3, -0.25) is 4.57 Å². The van der Waals surface area contributed by atoms with Crippen molar-refractivity contribution in [1.82, 2.24) is 19.2 Å². The molecule has 15 heavy (non-hydrogen) atoms. The van der Waals surface area contributed by atoms with E-state index in [0.29, 0.717) is 5.78 Å². The van der Waals surface area contributed by atoms with Crippen molar-refractivity contribution in [3.8, 4) is 0 Å². The van der Waals surface area contributed by atoms with Crippen molar-refractivity contribution in [2.24, 2.45) is 7.05 Å². The second-order valence-corrected chi connectivity index (χ2v) is 3.75. The second kappa shape index (κ2) is 3.08. The maximum Gasteiger partial charge on any atom is 0.356 e. The number of hydrogen-bond donors (Lipinski definition) is 1. The Hall–Kier alpha value is -1.85. The van der Waals surface area contributed by atoms with Gasteiger partial charge in [0.05, 0.1) is 6.20 Å². The molecule has 2 aromatic heterocycles. The highest BCUT2D eigenvalue weighted by atomic mass is 16.4. The second-order valence-electron chi connectivity index (χ2n) is 3.75. The fourth-order valence-corrected chi connectivity index (χ4v) is 1.55. The van der Waals surface area contributed by atoms with Crippen LogP contribution in [0.15, 0.2) is 6.20 Å². The predicted octanol–water partition coefficient (Wildman–Crippen LogP) is 0.889. The summed E-state index contributed by atoms with van der Waals surface area (Å²) in [5.41, 5.74) is 0.0170. The molecule has 0 unspecified atom stereocenters. The Morgan fingerprint density at radius 3 is 2.67 bits per heavy atom. The van der Waals surface area contributed by atoms with Gasteiger partial charge in [0.15, 0.2) is 5.69 Å². The van der Waals surface area contributed by atoms with Crippen molar-refractivity contribution >= 4 is 11.7 Å². The van der Waals surface area contributed by atoms with E-state index in [0.717, 1.165) is 5.82 Å². The van der Waals surface area contributed by atoms with Gasteiger partial charge in [-0.25, -0.2) is 14.3 Å². The normalized spacial score (nSPS) is 11.5. The highest BCUT2D eigenvalue weighted by Gasteiger charge is 2.16. The Morgan fingerprint density at radius 2 is 2.20 bits per heavy atom. The number of rotatable bonds is 2. The largest absolute Gasteiger partial charge is 0.476 e. The van der Waals surface area contributed by atoms with E-state index in [1.807, 2.05) is 20.9 Å². The molecule has 1 N–H and O–H groups in total. The highest BCUT2D eigenvalue weighted by Crippen LogP contribution is 2.14. The van der Waals surface area contributed by atoms with Crippen molar-refractivity contribution in [3.05, 3.63) is 17.7 Å². The Bertz CT molecular complexity index is 523. The molecule has 6 nitrogen and oxygen atoms in total. The van der Waals surface area contributed by atoms with E-state index in [-0.39, 0.29) is 11.6 Å². The highest BCUT2D eigenvalue weighted by molar-refractivity contribution is 5.85. The molecule has 0 aliphatic carbocycles. The summed E-state index contributed by atoms with van der Waals surface area (Å²) < 4.78 is 3.30. The third-order valence-corrected chi connectivity index (χ3v) is 2.26. The molecule has 0 atom stereocenters. The first-order chi connectivity index (χ1) is 7.00. The van der Waals surface area contributed by atoms with Crippen LogP contribution in [0, 0.1) is 0 Å². The number of nitrogens with zero attached hydrogens (tertiary/aromatic N) is 4. The number of hydrogen-bond acceptors (Lipinski definition) is 3. The van der Waals surface area contributed by atoms with Gasteiger partial charge in [-0.15, -0.1) is 0 Å². The Morgan fingerprint density at radius 1 is 1.53 bits per heavy atom. The summed E-state index contributed by atoms with van der Waals surface area (Å²) in [6.07, 6.45) is 1.42. The summed E-state index contributed by atoms with van der Waals surface area (Å²) in [5, 5.41) is 13.0. The molecule has 0 aliphatic heterocycles. The van der Waals surface area contributed by atoms with Gasteiger partial charge in [-0.2, -0.15) is 5.10 Å². The maximum absolute atomic E-state index is 10.7. The number of carbonyl (C=O) groups is 1. The van der Waals surface area contributed by atoms with E-state index in [9.17, 15) is 4.79 Å². The molecule has 0 bridgehead atoms. The number of aryl methyl sites for hydroxylation is 1. The number of aromatic nitrogens is 4. The Kier molecular flexibility index (Phi) is 1.99. The molecule has 2 heterocycles. The van der Waals surface area contributed by atoms with Crippen molar-refractivity contribution in [3.63, 3.8) is 0 Å². The zero-order valence-electron chi connectivity index (χ0n) is 8.80. The van der Waals surface area contributed by atoms with Crippen molar-refractivity contribution in [2.45, 2.75) is 19.8 Å². The summed E-state index contributed by atoms with van der Waals surface area (Å²) in [4.78, 5) is 14.7. The van der Waals surface area contributed by atoms with E-state index in [1.54, 1.807) is 4.57 Å². The number of carboxylic acids is 1. The van der Waals surface area contributed by atoms with Crippen LogP contribution in [0.25, 0.3) is 5.78 Å². The molecule has 0 radical (unpaired) electrons. The fourth-order valence-electron chi connectivity index (χ4n) is 1.55. The van der Waals surface area contributed by atoms with E-state index < -0.39 is 5.97 Å². The Labute approximate surface area is 86.2 Å². The van der Waals surface area contributed by atoms with Gasteiger partial charge in [0, 0.05) is 13.0 Å². The van der Waals surface area contributed by atoms with Crippen LogP contribution in [-0.4, -0.2) is 30.2 Å². The molecule has 0 aromatic carbocycles. The molecule has 6 heteroatoms. The molecular formula is C9H12N4O2. The van der Waals surface area contributed by atoms with Gasteiger partial charge in [0.1, 0.15) is 5.82 Å². The van der Waals surface area contributed by atoms with Gasteiger partial charge < -0.3 is 5.11 Å². The smallest absolute Gasteiger partial charge is 0.356 e. The lowest BCUT2D eigenvalue weighted by Gasteiger charge is -2.01. The molecule has 0 fully saturated rings. The lowest BCUT2D eigenvalue weighted by atomic mass is 10.2. The first-order valence-corrected chi connectivity index (χ1v) is 4.66. The quantitative estimate of drug-likeness (QED) is 0.795. The molecule has 2 rings (SSSR count). The molecule has 0 aliphatic rings. The molecule has 0 spiro atoms. The first-order valence-electron chi connectivity index (χ1n) is 4.66. The first kappa shape index (κ1) is 9.70. The zero-order valence-corrected chi connectivity index (χ0v) is 8.80. The topological polar surface area (TPSA) is 72.4 Å². The van der Waals surface area contributed by atoms with E-state index in [1.165, 1.54) is 10.7 Å². The van der Waals surface area contributed by atoms with Crippen molar-refractivity contribution in [1.29, 1.82) is 0 Å². The van der Waals surface area contributed by atoms with Crippen LogP contribution in [0.2, 0.25) is 0 Å². The molecular weight excluding hydrogens is 196 g/mol. The standard InChI is InChI=1S/C9H12N4O2/c1-5(2)7-11-13-4-6(8(14)15)10-9(13)12(7)3/h4-5H,1-3H3,(H,14,15). The Balaban J connectivity index is 2.62. The average Bonchev–Trinajstić information content (AvgIpc) is 2.65. The summed E-state index contributed by atoms with van der Waals surface area (Å²) >= 11 is 0. The molecule has 0 saturated heterocycles. The van der Waals surface area contributed by atoms with Gasteiger partial charge in [0.2, 0.25) is 5.78 Å². The van der Waals surface area contributed by atoms with E-state index in [2.05, 4.69) is 10.1 Å². The number of carboxylic acid groups (broad SMARTS) is 1. The van der Waals surface area contributed by atoms with Crippen molar-refractivity contribution < 1.29 is 9.90 Å². The number of fused-ring (bicyclic) bond motifs is 1. The van der Waals surface area contributed by atoms with Crippen LogP contribution in [0.1, 0.15) is 36.1 Å². The van der Waals surface area contributed by atoms with Crippen LogP contribution in [0.4, 0.5) is 0 Å². The van der Waals surface area contributed by atoms with Crippen LogP contribution in [-0.2, 0) is 7.05 Å². The van der Waals surface area contributed by atoms with Crippen LogP contribution in [0.3, 0.4) is 0 Å². The predicted molar refractivity (Wildman–Crippen MR) is 53.0 cm³/mol. The zero-order chi connectivity index (χ0) is 11.2. The van der Waals surface area contributed by atoms with Crippen LogP contribution >= 0.6 is 0 Å². The van der Waals surface area contributed by atoms with E-state index >= 15 is 0 Å². The minimum Gasteiger partial charge on any atom is -0.476 e.